The molecule has 8 nitrogen and oxygen atoms in total. The van der Waals surface area contributed by atoms with Gasteiger partial charge in [0.25, 0.3) is 5.91 Å². The Labute approximate surface area is 174 Å². The summed E-state index contributed by atoms with van der Waals surface area (Å²) in [5.41, 5.74) is 1.29. The van der Waals surface area contributed by atoms with Gasteiger partial charge in [-0.25, -0.2) is 4.79 Å². The highest BCUT2D eigenvalue weighted by atomic mass is 16.4. The summed E-state index contributed by atoms with van der Waals surface area (Å²) in [4.78, 5) is 42.0. The molecule has 1 aliphatic heterocycles. The van der Waals surface area contributed by atoms with Crippen molar-refractivity contribution < 1.29 is 19.5 Å². The topological polar surface area (TPSA) is 103 Å². The Hall–Kier alpha value is -3.68. The van der Waals surface area contributed by atoms with Crippen LogP contribution in [-0.4, -0.2) is 56.9 Å². The van der Waals surface area contributed by atoms with Crippen molar-refractivity contribution in [3.8, 4) is 0 Å². The highest BCUT2D eigenvalue weighted by Crippen LogP contribution is 2.28. The van der Waals surface area contributed by atoms with Crippen LogP contribution in [0.5, 0.6) is 0 Å². The van der Waals surface area contributed by atoms with E-state index in [1.165, 1.54) is 23.1 Å². The number of carboxylic acids is 1. The fraction of sp³-hybridized carbons (Fsp3) is 0.273. The highest BCUT2D eigenvalue weighted by molar-refractivity contribution is 6.10. The standard InChI is InChI=1S/C22H24N4O4/c1-3-25-21(28)19(24-17-10-7-12-23-14-17)18(15(2)27)20(22(29)30)26(25)13-11-16-8-5-4-6-9-16/h4-10,12,14,19,24H,3,11,13H2,1-2H3,(H,29,30). The Morgan fingerprint density at radius 1 is 1.13 bits per heavy atom. The molecule has 0 aliphatic carbocycles. The Balaban J connectivity index is 2.03. The van der Waals surface area contributed by atoms with Gasteiger partial charge in [0, 0.05) is 25.5 Å². The summed E-state index contributed by atoms with van der Waals surface area (Å²) < 4.78 is 0. The number of anilines is 1. The van der Waals surface area contributed by atoms with Crippen LogP contribution in [0.2, 0.25) is 0 Å². The lowest BCUT2D eigenvalue weighted by atomic mass is 9.96. The third kappa shape index (κ3) is 4.32. The smallest absolute Gasteiger partial charge is 0.354 e. The number of hydrazine groups is 1. The second-order valence-corrected chi connectivity index (χ2v) is 6.86. The number of hydrogen-bond donors (Lipinski definition) is 2. The van der Waals surface area contributed by atoms with Crippen molar-refractivity contribution in [3.05, 3.63) is 71.7 Å². The molecule has 2 heterocycles. The molecule has 1 atom stereocenters. The van der Waals surface area contributed by atoms with Gasteiger partial charge in [0.1, 0.15) is 6.04 Å². The molecule has 1 aromatic carbocycles. The quantitative estimate of drug-likeness (QED) is 0.690. The Kier molecular flexibility index (Phi) is 6.46. The Morgan fingerprint density at radius 3 is 2.43 bits per heavy atom. The first kappa shape index (κ1) is 21.0. The maximum absolute atomic E-state index is 13.3. The first-order chi connectivity index (χ1) is 14.4. The molecule has 1 aromatic heterocycles. The summed E-state index contributed by atoms with van der Waals surface area (Å²) in [6.45, 7) is 3.57. The zero-order valence-electron chi connectivity index (χ0n) is 16.9. The number of carbonyl (C=O) groups is 3. The molecule has 0 spiro atoms. The number of pyridine rings is 1. The van der Waals surface area contributed by atoms with E-state index in [1.807, 2.05) is 30.3 Å². The van der Waals surface area contributed by atoms with Crippen LogP contribution >= 0.6 is 0 Å². The lowest BCUT2D eigenvalue weighted by Crippen LogP contribution is -2.59. The number of carbonyl (C=O) groups excluding carboxylic acids is 2. The zero-order valence-corrected chi connectivity index (χ0v) is 16.9. The van der Waals surface area contributed by atoms with Gasteiger partial charge in [0.15, 0.2) is 11.5 Å². The Bertz CT molecular complexity index is 960. The molecule has 0 saturated heterocycles. The first-order valence-electron chi connectivity index (χ1n) is 9.71. The van der Waals surface area contributed by atoms with E-state index >= 15 is 0 Å². The number of ketones is 1. The van der Waals surface area contributed by atoms with Gasteiger partial charge in [0.2, 0.25) is 0 Å². The molecule has 1 unspecified atom stereocenters. The number of carboxylic acid groups (broad SMARTS) is 1. The number of aliphatic carboxylic acids is 1. The molecular formula is C22H24N4O4. The number of rotatable bonds is 8. The van der Waals surface area contributed by atoms with Crippen LogP contribution in [0, 0.1) is 0 Å². The number of likely N-dealkylation sites (N-methyl/N-ethyl adjacent to an activating group) is 1. The second kappa shape index (κ2) is 9.21. The van der Waals surface area contributed by atoms with Crippen molar-refractivity contribution in [3.63, 3.8) is 0 Å². The lowest BCUT2D eigenvalue weighted by Gasteiger charge is -2.43. The van der Waals surface area contributed by atoms with Crippen LogP contribution in [0.1, 0.15) is 19.4 Å². The third-order valence-corrected chi connectivity index (χ3v) is 4.90. The van der Waals surface area contributed by atoms with Crippen LogP contribution in [0.3, 0.4) is 0 Å². The van der Waals surface area contributed by atoms with E-state index in [0.29, 0.717) is 12.1 Å². The van der Waals surface area contributed by atoms with Crippen LogP contribution in [0.4, 0.5) is 5.69 Å². The average molecular weight is 408 g/mol. The molecule has 0 saturated carbocycles. The van der Waals surface area contributed by atoms with Crippen LogP contribution in [0.15, 0.2) is 66.1 Å². The predicted molar refractivity (Wildman–Crippen MR) is 111 cm³/mol. The second-order valence-electron chi connectivity index (χ2n) is 6.86. The number of hydrogen-bond acceptors (Lipinski definition) is 6. The van der Waals surface area contributed by atoms with Gasteiger partial charge in [-0.1, -0.05) is 30.3 Å². The predicted octanol–water partition coefficient (Wildman–Crippen LogP) is 2.11. The number of aromatic nitrogens is 1. The SMILES string of the molecule is CCN1C(=O)C(Nc2cccnc2)C(C(C)=O)=C(C(=O)O)N1CCc1ccccc1. The fourth-order valence-electron chi connectivity index (χ4n) is 3.57. The summed E-state index contributed by atoms with van der Waals surface area (Å²) in [6, 6.07) is 11.9. The van der Waals surface area contributed by atoms with E-state index < -0.39 is 17.8 Å². The molecule has 8 heteroatoms. The molecule has 3 rings (SSSR count). The van der Waals surface area contributed by atoms with Gasteiger partial charge in [-0.2, -0.15) is 0 Å². The van der Waals surface area contributed by atoms with E-state index in [1.54, 1.807) is 25.3 Å². The van der Waals surface area contributed by atoms with E-state index in [2.05, 4.69) is 10.3 Å². The van der Waals surface area contributed by atoms with E-state index in [-0.39, 0.29) is 30.3 Å². The van der Waals surface area contributed by atoms with Gasteiger partial charge in [-0.05, 0) is 38.0 Å². The van der Waals surface area contributed by atoms with Gasteiger partial charge in [-0.15, -0.1) is 0 Å². The third-order valence-electron chi connectivity index (χ3n) is 4.90. The van der Waals surface area contributed by atoms with E-state index in [4.69, 9.17) is 0 Å². The van der Waals surface area contributed by atoms with Crippen molar-refractivity contribution in [2.75, 3.05) is 18.4 Å². The Morgan fingerprint density at radius 2 is 1.87 bits per heavy atom. The number of Topliss-reactive ketones (excluding diaryl/α,β-unsaturated/α-hetero) is 1. The zero-order chi connectivity index (χ0) is 21.7. The molecule has 30 heavy (non-hydrogen) atoms. The minimum Gasteiger partial charge on any atom is -0.477 e. The first-order valence-corrected chi connectivity index (χ1v) is 9.71. The van der Waals surface area contributed by atoms with Crippen molar-refractivity contribution >= 4 is 23.3 Å². The van der Waals surface area contributed by atoms with Crippen molar-refractivity contribution in [1.82, 2.24) is 15.0 Å². The molecule has 1 amide bonds. The largest absolute Gasteiger partial charge is 0.477 e. The summed E-state index contributed by atoms with van der Waals surface area (Å²) in [6.07, 6.45) is 3.62. The molecule has 1 aliphatic rings. The van der Waals surface area contributed by atoms with Crippen LogP contribution < -0.4 is 5.32 Å². The molecular weight excluding hydrogens is 384 g/mol. The summed E-state index contributed by atoms with van der Waals surface area (Å²) in [5, 5.41) is 15.8. The number of nitrogens with one attached hydrogen (secondary N) is 1. The lowest BCUT2D eigenvalue weighted by molar-refractivity contribution is -0.153. The monoisotopic (exact) mass is 408 g/mol. The van der Waals surface area contributed by atoms with Crippen molar-refractivity contribution in [2.24, 2.45) is 0 Å². The number of nitrogens with zero attached hydrogens (tertiary/aromatic N) is 3. The van der Waals surface area contributed by atoms with Gasteiger partial charge < -0.3 is 10.4 Å². The molecule has 2 N–H and O–H groups in total. The minimum absolute atomic E-state index is 0.0610. The molecule has 0 fully saturated rings. The van der Waals surface area contributed by atoms with Crippen LogP contribution in [-0.2, 0) is 20.8 Å². The van der Waals surface area contributed by atoms with Crippen molar-refractivity contribution in [1.29, 1.82) is 0 Å². The van der Waals surface area contributed by atoms with E-state index in [0.717, 1.165) is 5.56 Å². The number of amides is 1. The van der Waals surface area contributed by atoms with E-state index in [9.17, 15) is 19.5 Å². The fourth-order valence-corrected chi connectivity index (χ4v) is 3.57. The molecule has 0 bridgehead atoms. The molecule has 0 radical (unpaired) electrons. The maximum Gasteiger partial charge on any atom is 0.354 e. The van der Waals surface area contributed by atoms with Crippen molar-refractivity contribution in [2.45, 2.75) is 26.3 Å². The summed E-state index contributed by atoms with van der Waals surface area (Å²) in [5.74, 6) is -2.11. The normalized spacial score (nSPS) is 16.6. The van der Waals surface area contributed by atoms with Crippen LogP contribution in [0.25, 0.3) is 0 Å². The van der Waals surface area contributed by atoms with Gasteiger partial charge in [-0.3, -0.25) is 24.6 Å². The average Bonchev–Trinajstić information content (AvgIpc) is 2.74. The molecule has 156 valence electrons. The summed E-state index contributed by atoms with van der Waals surface area (Å²) in [7, 11) is 0. The highest BCUT2D eigenvalue weighted by Gasteiger charge is 2.43. The summed E-state index contributed by atoms with van der Waals surface area (Å²) >= 11 is 0. The van der Waals surface area contributed by atoms with Gasteiger partial charge >= 0.3 is 5.97 Å². The maximum atomic E-state index is 13.3. The van der Waals surface area contributed by atoms with Gasteiger partial charge in [0.05, 0.1) is 11.3 Å². The molecule has 2 aromatic rings. The number of benzene rings is 1. The minimum atomic E-state index is -1.25.